The predicted molar refractivity (Wildman–Crippen MR) is 178 cm³/mol. The number of amides is 4. The number of ether oxygens (including phenoxy) is 2. The number of hydrogen-bond donors (Lipinski definition) is 4. The van der Waals surface area contributed by atoms with Crippen molar-refractivity contribution in [1.82, 2.24) is 35.9 Å². The Balaban J connectivity index is 1.37. The van der Waals surface area contributed by atoms with Crippen LogP contribution in [0.15, 0.2) is 60.8 Å². The molecule has 6 rings (SSSR count). The lowest BCUT2D eigenvalue weighted by atomic mass is 9.89. The van der Waals surface area contributed by atoms with Gasteiger partial charge in [-0.3, -0.25) is 28.8 Å². The molecule has 2 bridgehead atoms. The van der Waals surface area contributed by atoms with Crippen molar-refractivity contribution in [2.75, 3.05) is 26.2 Å². The predicted octanol–water partition coefficient (Wildman–Crippen LogP) is 1.39. The summed E-state index contributed by atoms with van der Waals surface area (Å²) in [4.78, 5) is 56.0. The quantitative estimate of drug-likeness (QED) is 0.307. The molecule has 48 heavy (non-hydrogen) atoms. The molecule has 3 aromatic rings. The smallest absolute Gasteiger partial charge is 0.264 e. The largest absolute Gasteiger partial charge is 0.492 e. The average molecular weight is 660 g/mol. The summed E-state index contributed by atoms with van der Waals surface area (Å²) >= 11 is 0. The lowest BCUT2D eigenvalue weighted by Gasteiger charge is -2.41. The number of hydrogen-bond acceptors (Lipinski definition) is 8. The Kier molecular flexibility index (Phi) is 11.0. The first-order valence-electron chi connectivity index (χ1n) is 16.4. The monoisotopic (exact) mass is 659 g/mol. The van der Waals surface area contributed by atoms with Crippen LogP contribution in [0.25, 0.3) is 0 Å². The van der Waals surface area contributed by atoms with Gasteiger partial charge in [0.1, 0.15) is 36.2 Å². The Morgan fingerprint density at radius 2 is 1.52 bits per heavy atom. The minimum atomic E-state index is -1.24. The van der Waals surface area contributed by atoms with Gasteiger partial charge < -0.3 is 30.7 Å². The van der Waals surface area contributed by atoms with Crippen molar-refractivity contribution in [1.29, 1.82) is 0 Å². The van der Waals surface area contributed by atoms with Crippen molar-refractivity contribution in [3.8, 4) is 11.5 Å². The van der Waals surface area contributed by atoms with E-state index in [0.717, 1.165) is 16.8 Å². The molecular formula is C35H45N7O6. The molecule has 256 valence electrons. The summed E-state index contributed by atoms with van der Waals surface area (Å²) < 4.78 is 14.1. The fourth-order valence-corrected chi connectivity index (χ4v) is 5.84. The first-order chi connectivity index (χ1) is 23.0. The van der Waals surface area contributed by atoms with E-state index in [1.165, 1.54) is 0 Å². The number of piperidine rings is 1. The maximum atomic E-state index is 14.1. The first kappa shape index (κ1) is 34.4. The lowest BCUT2D eigenvalue weighted by Crippen LogP contribution is -2.61. The Hall–Kier alpha value is -4.91. The van der Waals surface area contributed by atoms with Crippen molar-refractivity contribution in [3.05, 3.63) is 77.6 Å². The van der Waals surface area contributed by atoms with Crippen molar-refractivity contribution < 1.29 is 28.7 Å². The van der Waals surface area contributed by atoms with Crippen LogP contribution in [0.3, 0.4) is 0 Å². The number of aromatic nitrogens is 2. The maximum absolute atomic E-state index is 14.1. The normalized spacial score (nSPS) is 22.9. The van der Waals surface area contributed by atoms with Crippen molar-refractivity contribution in [2.45, 2.75) is 70.3 Å². The lowest BCUT2D eigenvalue weighted by molar-refractivity contribution is -0.144. The van der Waals surface area contributed by atoms with Gasteiger partial charge in [0.05, 0.1) is 12.7 Å². The van der Waals surface area contributed by atoms with Gasteiger partial charge in [-0.15, -0.1) is 0 Å². The molecule has 3 aliphatic heterocycles. The molecule has 0 aliphatic carbocycles. The zero-order chi connectivity index (χ0) is 34.3. The summed E-state index contributed by atoms with van der Waals surface area (Å²) in [5, 5.41) is 15.5. The summed E-state index contributed by atoms with van der Waals surface area (Å²) in [5.74, 6) is -0.792. The van der Waals surface area contributed by atoms with E-state index < -0.39 is 41.4 Å². The molecule has 2 aromatic carbocycles. The third-order valence-electron chi connectivity index (χ3n) is 9.02. The molecule has 1 fully saturated rings. The fraction of sp³-hybridized carbons (Fsp3) is 0.457. The molecule has 0 saturated carbocycles. The number of aryl methyl sites for hydroxylation is 1. The van der Waals surface area contributed by atoms with Crippen LogP contribution >= 0.6 is 0 Å². The highest BCUT2D eigenvalue weighted by Crippen LogP contribution is 2.31. The minimum absolute atomic E-state index is 0.191. The summed E-state index contributed by atoms with van der Waals surface area (Å²) in [7, 11) is 1.91. The van der Waals surface area contributed by atoms with Gasteiger partial charge in [-0.2, -0.15) is 5.10 Å². The molecule has 0 radical (unpaired) electrons. The molecule has 0 unspecified atom stereocenters. The van der Waals surface area contributed by atoms with E-state index in [1.54, 1.807) is 38.1 Å². The molecule has 4 heterocycles. The topological polar surface area (TPSA) is 156 Å². The van der Waals surface area contributed by atoms with Gasteiger partial charge in [-0.25, -0.2) is 0 Å². The van der Waals surface area contributed by atoms with Gasteiger partial charge in [-0.05, 0) is 50.6 Å². The molecule has 1 aromatic heterocycles. The molecule has 13 heteroatoms. The molecule has 3 atom stereocenters. The van der Waals surface area contributed by atoms with Gasteiger partial charge in [0.15, 0.2) is 5.60 Å². The summed E-state index contributed by atoms with van der Waals surface area (Å²) in [5.41, 5.74) is 1.80. The van der Waals surface area contributed by atoms with Gasteiger partial charge in [0, 0.05) is 57.2 Å². The van der Waals surface area contributed by atoms with Gasteiger partial charge in [0.25, 0.3) is 5.91 Å². The van der Waals surface area contributed by atoms with Gasteiger partial charge >= 0.3 is 0 Å². The molecule has 3 aliphatic rings. The SMILES string of the molecule is Cc1c(CN2CCC3(CC2)Oc2ccc(cc2)OCCNC(=O)[C@H](C)NC(=O)[C@H](Cc2ccccc2)NC(=O)[C@H](C)NC3=O)cnn1C. The molecule has 1 saturated heterocycles. The number of rotatable bonds is 4. The summed E-state index contributed by atoms with van der Waals surface area (Å²) in [6.07, 6.45) is 2.84. The van der Waals surface area contributed by atoms with Gasteiger partial charge in [-0.1, -0.05) is 30.3 Å². The zero-order valence-corrected chi connectivity index (χ0v) is 28.0. The van der Waals surface area contributed by atoms with Crippen LogP contribution in [-0.4, -0.2) is 88.3 Å². The van der Waals surface area contributed by atoms with Crippen LogP contribution in [0.2, 0.25) is 0 Å². The van der Waals surface area contributed by atoms with E-state index in [2.05, 4.69) is 31.3 Å². The highest BCUT2D eigenvalue weighted by Gasteiger charge is 2.45. The van der Waals surface area contributed by atoms with Crippen LogP contribution in [0.5, 0.6) is 11.5 Å². The highest BCUT2D eigenvalue weighted by atomic mass is 16.5. The Morgan fingerprint density at radius 1 is 0.854 bits per heavy atom. The van der Waals surface area contributed by atoms with Crippen LogP contribution in [-0.2, 0) is 39.2 Å². The van der Waals surface area contributed by atoms with Crippen LogP contribution in [0.4, 0.5) is 0 Å². The number of nitrogens with zero attached hydrogens (tertiary/aromatic N) is 3. The number of fused-ring (bicyclic) bond motifs is 15. The molecule has 4 amide bonds. The van der Waals surface area contributed by atoms with E-state index in [1.807, 2.05) is 55.2 Å². The number of benzene rings is 2. The zero-order valence-electron chi connectivity index (χ0n) is 28.0. The summed E-state index contributed by atoms with van der Waals surface area (Å²) in [6.45, 7) is 7.49. The van der Waals surface area contributed by atoms with E-state index in [9.17, 15) is 19.2 Å². The molecule has 1 spiro atoms. The summed E-state index contributed by atoms with van der Waals surface area (Å²) in [6, 6.07) is 13.4. The van der Waals surface area contributed by atoms with E-state index in [-0.39, 0.29) is 25.5 Å². The van der Waals surface area contributed by atoms with Crippen molar-refractivity contribution >= 4 is 23.6 Å². The standard InChI is InChI=1S/C35H45N7O6/c1-23-31(43)36-16-19-47-28-10-12-29(13-11-28)48-35(14-17-42(18-15-35)22-27-21-37-41(4)25(27)3)34(46)39-24(2)32(44)40-30(33(45)38-23)20-26-8-6-5-7-9-26/h5-13,21,23-24,30H,14-20,22H2,1-4H3,(H,36,43)(H,38,45)(H,39,46)(H,40,44)/t23-,24-,30-/m0/s1. The second kappa shape index (κ2) is 15.3. The van der Waals surface area contributed by atoms with E-state index >= 15 is 0 Å². The van der Waals surface area contributed by atoms with Crippen molar-refractivity contribution in [3.63, 3.8) is 0 Å². The Labute approximate surface area is 280 Å². The second-order valence-corrected chi connectivity index (χ2v) is 12.5. The van der Waals surface area contributed by atoms with Crippen molar-refractivity contribution in [2.24, 2.45) is 7.05 Å². The Bertz CT molecular complexity index is 1580. The van der Waals surface area contributed by atoms with E-state index in [4.69, 9.17) is 9.47 Å². The molecular weight excluding hydrogens is 614 g/mol. The number of carbonyl (C=O) groups is 4. The first-order valence-corrected chi connectivity index (χ1v) is 16.4. The minimum Gasteiger partial charge on any atom is -0.492 e. The van der Waals surface area contributed by atoms with Crippen LogP contribution in [0.1, 0.15) is 43.5 Å². The van der Waals surface area contributed by atoms with Gasteiger partial charge in [0.2, 0.25) is 17.7 Å². The fourth-order valence-electron chi connectivity index (χ4n) is 5.84. The number of carbonyl (C=O) groups excluding carboxylic acids is 4. The molecule has 13 nitrogen and oxygen atoms in total. The third-order valence-corrected chi connectivity index (χ3v) is 9.02. The number of nitrogens with one attached hydrogen (secondary N) is 4. The van der Waals surface area contributed by atoms with Crippen LogP contribution < -0.4 is 30.7 Å². The molecule has 4 N–H and O–H groups in total. The second-order valence-electron chi connectivity index (χ2n) is 12.5. The van der Waals surface area contributed by atoms with E-state index in [0.29, 0.717) is 44.0 Å². The average Bonchev–Trinajstić information content (AvgIpc) is 3.40. The third kappa shape index (κ3) is 8.51. The highest BCUT2D eigenvalue weighted by molar-refractivity contribution is 5.95. The maximum Gasteiger partial charge on any atom is 0.264 e. The van der Waals surface area contributed by atoms with Crippen LogP contribution in [0, 0.1) is 6.92 Å². The Morgan fingerprint density at radius 3 is 2.19 bits per heavy atom. The number of likely N-dealkylation sites (tertiary alicyclic amines) is 1.